The van der Waals surface area contributed by atoms with Crippen molar-refractivity contribution in [3.8, 4) is 22.8 Å². The molecule has 7 nitrogen and oxygen atoms in total. The van der Waals surface area contributed by atoms with Crippen LogP contribution >= 0.6 is 11.6 Å². The van der Waals surface area contributed by atoms with Crippen molar-refractivity contribution in [1.29, 1.82) is 0 Å². The van der Waals surface area contributed by atoms with Gasteiger partial charge in [0.1, 0.15) is 5.69 Å². The van der Waals surface area contributed by atoms with Crippen LogP contribution in [0.5, 0.6) is 11.5 Å². The molecule has 0 spiro atoms. The van der Waals surface area contributed by atoms with E-state index in [9.17, 15) is 4.79 Å². The van der Waals surface area contributed by atoms with Gasteiger partial charge in [0.25, 0.3) is 5.91 Å². The van der Waals surface area contributed by atoms with Crippen LogP contribution in [0.4, 0.5) is 0 Å². The molecule has 0 radical (unpaired) electrons. The van der Waals surface area contributed by atoms with Crippen molar-refractivity contribution >= 4 is 17.5 Å². The minimum atomic E-state index is -0.674. The number of H-pyrrole nitrogens is 1. The van der Waals surface area contributed by atoms with Crippen LogP contribution in [0.25, 0.3) is 11.3 Å². The normalized spacial score (nSPS) is 12.7. The summed E-state index contributed by atoms with van der Waals surface area (Å²) in [6, 6.07) is 3.28. The van der Waals surface area contributed by atoms with Gasteiger partial charge in [-0.3, -0.25) is 4.79 Å². The smallest absolute Gasteiger partial charge is 0.271 e. The Hall–Kier alpha value is -2.28. The highest BCUT2D eigenvalue weighted by Gasteiger charge is 2.22. The van der Waals surface area contributed by atoms with Gasteiger partial charge in [0.15, 0.2) is 17.2 Å². The van der Waals surface area contributed by atoms with Gasteiger partial charge in [-0.25, -0.2) is 0 Å². The lowest BCUT2D eigenvalue weighted by Gasteiger charge is -2.03. The lowest BCUT2D eigenvalue weighted by molar-refractivity contribution is 0.0996. The number of benzene rings is 1. The topological polar surface area (TPSA) is 103 Å². The SMILES string of the molecule is NC(=O)c1n[nH]nc1-c1cc(Cl)c2c(c1)OCO2. The van der Waals surface area contributed by atoms with Crippen LogP contribution in [0.3, 0.4) is 0 Å². The van der Waals surface area contributed by atoms with Crippen LogP contribution in [-0.4, -0.2) is 28.1 Å². The summed E-state index contributed by atoms with van der Waals surface area (Å²) in [5, 5.41) is 10.3. The molecule has 1 aromatic heterocycles. The van der Waals surface area contributed by atoms with Crippen molar-refractivity contribution in [3.05, 3.63) is 22.8 Å². The summed E-state index contributed by atoms with van der Waals surface area (Å²) in [7, 11) is 0. The molecular formula is C10H7ClN4O3. The fourth-order valence-corrected chi connectivity index (χ4v) is 1.97. The van der Waals surface area contributed by atoms with E-state index in [1.165, 1.54) is 0 Å². The third-order valence-corrected chi connectivity index (χ3v) is 2.76. The van der Waals surface area contributed by atoms with Gasteiger partial charge in [-0.1, -0.05) is 11.6 Å². The van der Waals surface area contributed by atoms with E-state index < -0.39 is 5.91 Å². The van der Waals surface area contributed by atoms with Crippen LogP contribution in [0, 0.1) is 0 Å². The van der Waals surface area contributed by atoms with Gasteiger partial charge < -0.3 is 15.2 Å². The highest BCUT2D eigenvalue weighted by atomic mass is 35.5. The second kappa shape index (κ2) is 3.88. The van der Waals surface area contributed by atoms with E-state index in [2.05, 4.69) is 15.4 Å². The number of carbonyl (C=O) groups is 1. The molecule has 3 N–H and O–H groups in total. The molecule has 3 rings (SSSR count). The molecule has 2 aromatic rings. The number of halogens is 1. The average molecular weight is 267 g/mol. The van der Waals surface area contributed by atoms with E-state index in [1.54, 1.807) is 12.1 Å². The average Bonchev–Trinajstić information content (AvgIpc) is 2.97. The van der Waals surface area contributed by atoms with Gasteiger partial charge in [0.2, 0.25) is 6.79 Å². The molecule has 1 aliphatic heterocycles. The van der Waals surface area contributed by atoms with Gasteiger partial charge in [0.05, 0.1) is 5.02 Å². The van der Waals surface area contributed by atoms with E-state index in [0.717, 1.165) is 0 Å². The molecule has 92 valence electrons. The number of hydrogen-bond acceptors (Lipinski definition) is 5. The molecule has 0 saturated carbocycles. The Morgan fingerprint density at radius 2 is 2.22 bits per heavy atom. The Morgan fingerprint density at radius 3 is 3.00 bits per heavy atom. The monoisotopic (exact) mass is 266 g/mol. The Balaban J connectivity index is 2.15. The van der Waals surface area contributed by atoms with Crippen LogP contribution < -0.4 is 15.2 Å². The summed E-state index contributed by atoms with van der Waals surface area (Å²) in [5.41, 5.74) is 6.14. The number of nitrogens with one attached hydrogen (secondary N) is 1. The van der Waals surface area contributed by atoms with Crippen LogP contribution in [-0.2, 0) is 0 Å². The highest BCUT2D eigenvalue weighted by molar-refractivity contribution is 6.32. The molecule has 0 atom stereocenters. The zero-order valence-electron chi connectivity index (χ0n) is 8.94. The van der Waals surface area contributed by atoms with Crippen molar-refractivity contribution in [3.63, 3.8) is 0 Å². The molecule has 2 heterocycles. The van der Waals surface area contributed by atoms with Crippen molar-refractivity contribution in [2.45, 2.75) is 0 Å². The molecule has 8 heteroatoms. The lowest BCUT2D eigenvalue weighted by Crippen LogP contribution is -2.12. The summed E-state index contributed by atoms with van der Waals surface area (Å²) in [5.74, 6) is 0.299. The predicted octanol–water partition coefficient (Wildman–Crippen LogP) is 0.953. The third kappa shape index (κ3) is 1.56. The first-order valence-corrected chi connectivity index (χ1v) is 5.34. The molecule has 0 unspecified atom stereocenters. The van der Waals surface area contributed by atoms with E-state index in [4.69, 9.17) is 26.8 Å². The summed E-state index contributed by atoms with van der Waals surface area (Å²) >= 11 is 6.04. The van der Waals surface area contributed by atoms with Crippen LogP contribution in [0.2, 0.25) is 5.02 Å². The van der Waals surface area contributed by atoms with Crippen LogP contribution in [0.15, 0.2) is 12.1 Å². The number of nitrogens with zero attached hydrogens (tertiary/aromatic N) is 2. The molecule has 18 heavy (non-hydrogen) atoms. The van der Waals surface area contributed by atoms with E-state index in [1.807, 2.05) is 0 Å². The maximum absolute atomic E-state index is 11.2. The quantitative estimate of drug-likeness (QED) is 0.842. The number of hydrogen-bond donors (Lipinski definition) is 2. The zero-order valence-corrected chi connectivity index (χ0v) is 9.69. The molecule has 0 saturated heterocycles. The fraction of sp³-hybridized carbons (Fsp3) is 0.100. The van der Waals surface area contributed by atoms with E-state index >= 15 is 0 Å². The van der Waals surface area contributed by atoms with Gasteiger partial charge in [-0.2, -0.15) is 15.4 Å². The van der Waals surface area contributed by atoms with Crippen molar-refractivity contribution in [2.24, 2.45) is 5.73 Å². The standard InChI is InChI=1S/C10H7ClN4O3/c11-5-1-4(2-6-9(5)18-3-17-6)7-8(10(12)16)14-15-13-7/h1-2H,3H2,(H2,12,16)(H,13,14,15). The van der Waals surface area contributed by atoms with E-state index in [0.29, 0.717) is 27.8 Å². The molecular weight excluding hydrogens is 260 g/mol. The molecule has 0 bridgehead atoms. The number of fused-ring (bicyclic) bond motifs is 1. The first-order chi connectivity index (χ1) is 8.66. The molecule has 1 aromatic carbocycles. The number of nitrogens with two attached hydrogens (primary N) is 1. The maximum atomic E-state index is 11.2. The maximum Gasteiger partial charge on any atom is 0.271 e. The number of aromatic amines is 1. The third-order valence-electron chi connectivity index (χ3n) is 2.48. The first-order valence-electron chi connectivity index (χ1n) is 4.97. The molecule has 1 amide bonds. The Labute approximate surface area is 106 Å². The Kier molecular flexibility index (Phi) is 2.34. The van der Waals surface area contributed by atoms with Crippen LogP contribution in [0.1, 0.15) is 10.5 Å². The van der Waals surface area contributed by atoms with Gasteiger partial charge in [-0.15, -0.1) is 0 Å². The second-order valence-corrected chi connectivity index (χ2v) is 3.98. The van der Waals surface area contributed by atoms with Crippen molar-refractivity contribution in [2.75, 3.05) is 6.79 Å². The van der Waals surface area contributed by atoms with Gasteiger partial charge >= 0.3 is 0 Å². The van der Waals surface area contributed by atoms with Gasteiger partial charge in [0, 0.05) is 5.56 Å². The number of amides is 1. The zero-order chi connectivity index (χ0) is 12.7. The van der Waals surface area contributed by atoms with E-state index in [-0.39, 0.29) is 12.5 Å². The fourth-order valence-electron chi connectivity index (χ4n) is 1.71. The summed E-state index contributed by atoms with van der Waals surface area (Å²) in [6.45, 7) is 0.111. The van der Waals surface area contributed by atoms with Crippen molar-refractivity contribution < 1.29 is 14.3 Å². The Bertz CT molecular complexity index is 640. The van der Waals surface area contributed by atoms with Gasteiger partial charge in [-0.05, 0) is 12.1 Å². The lowest BCUT2D eigenvalue weighted by atomic mass is 10.1. The highest BCUT2D eigenvalue weighted by Crippen LogP contribution is 2.42. The summed E-state index contributed by atoms with van der Waals surface area (Å²) in [6.07, 6.45) is 0. The molecule has 0 aliphatic carbocycles. The minimum absolute atomic E-state index is 0.0462. The second-order valence-electron chi connectivity index (χ2n) is 3.58. The number of ether oxygens (including phenoxy) is 2. The van der Waals surface area contributed by atoms with Crippen molar-refractivity contribution in [1.82, 2.24) is 15.4 Å². The summed E-state index contributed by atoms with van der Waals surface area (Å²) < 4.78 is 10.4. The number of primary amides is 1. The Morgan fingerprint density at radius 1 is 1.39 bits per heavy atom. The number of carbonyl (C=O) groups excluding carboxylic acids is 1. The molecule has 0 fully saturated rings. The number of aromatic nitrogens is 3. The number of rotatable bonds is 2. The first kappa shape index (κ1) is 10.8. The predicted molar refractivity (Wildman–Crippen MR) is 61.5 cm³/mol. The summed E-state index contributed by atoms with van der Waals surface area (Å²) in [4.78, 5) is 11.2. The molecule has 1 aliphatic rings. The minimum Gasteiger partial charge on any atom is -0.454 e. The largest absolute Gasteiger partial charge is 0.454 e.